The van der Waals surface area contributed by atoms with E-state index in [9.17, 15) is 9.59 Å². The van der Waals surface area contributed by atoms with Crippen LogP contribution >= 0.6 is 0 Å². The van der Waals surface area contributed by atoms with Crippen LogP contribution in [0, 0.1) is 0 Å². The fourth-order valence-electron chi connectivity index (χ4n) is 1.87. The summed E-state index contributed by atoms with van der Waals surface area (Å²) in [6.45, 7) is 2.70. The summed E-state index contributed by atoms with van der Waals surface area (Å²) in [6.07, 6.45) is 8.74. The van der Waals surface area contributed by atoms with Crippen LogP contribution in [0.15, 0.2) is 0 Å². The average molecular weight is 348 g/mol. The number of hydrogen-bond donors (Lipinski definition) is 3. The second-order valence-electron chi connectivity index (χ2n) is 5.78. The van der Waals surface area contributed by atoms with E-state index >= 15 is 0 Å². The van der Waals surface area contributed by atoms with Crippen molar-refractivity contribution in [3.05, 3.63) is 0 Å². The Bertz CT molecular complexity index is 281. The molecule has 0 rings (SSSR count). The first-order valence-corrected chi connectivity index (χ1v) is 9.06. The lowest BCUT2D eigenvalue weighted by Gasteiger charge is -2.03. The van der Waals surface area contributed by atoms with Crippen LogP contribution < -0.4 is 0 Å². The number of aliphatic hydroxyl groups excluding tert-OH is 3. The first-order chi connectivity index (χ1) is 11.6. The molecule has 0 spiro atoms. The van der Waals surface area contributed by atoms with Crippen molar-refractivity contribution in [3.8, 4) is 0 Å². The third-order valence-electron chi connectivity index (χ3n) is 3.29. The van der Waals surface area contributed by atoms with Gasteiger partial charge in [-0.25, -0.2) is 0 Å². The molecular weight excluding hydrogens is 312 g/mol. The number of hydrogen-bond acceptors (Lipinski definition) is 6. The fraction of sp³-hybridized carbons (Fsp3) is 0.889. The molecule has 0 aromatic heterocycles. The number of Topliss-reactive ketones (excluding diaryl/α,β-unsaturated/α-hetero) is 1. The monoisotopic (exact) mass is 348 g/mol. The highest BCUT2D eigenvalue weighted by Crippen LogP contribution is 2.02. The summed E-state index contributed by atoms with van der Waals surface area (Å²) in [5, 5.41) is 25.4. The number of esters is 1. The van der Waals surface area contributed by atoms with Gasteiger partial charge in [-0.15, -0.1) is 0 Å². The molecule has 0 aliphatic rings. The largest absolute Gasteiger partial charge is 0.466 e. The van der Waals surface area contributed by atoms with Gasteiger partial charge in [0.25, 0.3) is 0 Å². The molecule has 0 fully saturated rings. The van der Waals surface area contributed by atoms with Crippen molar-refractivity contribution in [1.29, 1.82) is 0 Å². The van der Waals surface area contributed by atoms with E-state index in [1.165, 1.54) is 0 Å². The van der Waals surface area contributed by atoms with Gasteiger partial charge in [-0.3, -0.25) is 4.79 Å². The zero-order chi connectivity index (χ0) is 18.5. The number of carbonyl (C=O) groups is 2. The molecule has 0 aliphatic heterocycles. The van der Waals surface area contributed by atoms with E-state index in [4.69, 9.17) is 20.1 Å². The first kappa shape index (κ1) is 25.3. The molecule has 24 heavy (non-hydrogen) atoms. The van der Waals surface area contributed by atoms with Crippen molar-refractivity contribution < 1.29 is 29.6 Å². The van der Waals surface area contributed by atoms with Crippen molar-refractivity contribution >= 4 is 11.8 Å². The SMILES string of the molecule is CC(=O)CCCCCO.O=C(CCCCCO)OCCCCCO. The van der Waals surface area contributed by atoms with Gasteiger partial charge in [-0.2, -0.15) is 0 Å². The van der Waals surface area contributed by atoms with E-state index in [1.54, 1.807) is 6.92 Å². The molecule has 144 valence electrons. The number of rotatable bonds is 15. The zero-order valence-corrected chi connectivity index (χ0v) is 15.2. The smallest absolute Gasteiger partial charge is 0.305 e. The molecule has 0 saturated carbocycles. The molecule has 3 N–H and O–H groups in total. The molecule has 0 unspecified atom stereocenters. The number of unbranched alkanes of at least 4 members (excludes halogenated alkanes) is 6. The van der Waals surface area contributed by atoms with Gasteiger partial charge in [-0.1, -0.05) is 12.8 Å². The molecule has 0 amide bonds. The van der Waals surface area contributed by atoms with E-state index in [2.05, 4.69) is 0 Å². The highest BCUT2D eigenvalue weighted by atomic mass is 16.5. The molecule has 6 heteroatoms. The second-order valence-corrected chi connectivity index (χ2v) is 5.78. The van der Waals surface area contributed by atoms with Crippen molar-refractivity contribution in [1.82, 2.24) is 0 Å². The van der Waals surface area contributed by atoms with Crippen LogP contribution in [0.1, 0.15) is 77.6 Å². The van der Waals surface area contributed by atoms with Crippen LogP contribution in [0.25, 0.3) is 0 Å². The van der Waals surface area contributed by atoms with Gasteiger partial charge in [0, 0.05) is 32.7 Å². The van der Waals surface area contributed by atoms with Crippen molar-refractivity contribution in [2.75, 3.05) is 26.4 Å². The lowest BCUT2D eigenvalue weighted by atomic mass is 10.1. The van der Waals surface area contributed by atoms with Gasteiger partial charge < -0.3 is 24.9 Å². The van der Waals surface area contributed by atoms with Crippen LogP contribution in [0.5, 0.6) is 0 Å². The average Bonchev–Trinajstić information content (AvgIpc) is 2.56. The van der Waals surface area contributed by atoms with Gasteiger partial charge in [0.1, 0.15) is 5.78 Å². The lowest BCUT2D eigenvalue weighted by Crippen LogP contribution is -2.05. The van der Waals surface area contributed by atoms with Crippen LogP contribution in [-0.4, -0.2) is 53.5 Å². The number of ketones is 1. The highest BCUT2D eigenvalue weighted by molar-refractivity contribution is 5.75. The number of carbonyl (C=O) groups excluding carboxylic acids is 2. The predicted octanol–water partition coefficient (Wildman–Crippen LogP) is 2.37. The van der Waals surface area contributed by atoms with Gasteiger partial charge >= 0.3 is 5.97 Å². The molecule has 0 bridgehead atoms. The predicted molar refractivity (Wildman–Crippen MR) is 93.7 cm³/mol. The summed E-state index contributed by atoms with van der Waals surface area (Å²) in [5.41, 5.74) is 0. The first-order valence-electron chi connectivity index (χ1n) is 9.06. The minimum absolute atomic E-state index is 0.156. The molecule has 0 aromatic carbocycles. The van der Waals surface area contributed by atoms with E-state index in [0.29, 0.717) is 19.4 Å². The van der Waals surface area contributed by atoms with Gasteiger partial charge in [-0.05, 0) is 51.9 Å². The van der Waals surface area contributed by atoms with Gasteiger partial charge in [0.05, 0.1) is 6.61 Å². The zero-order valence-electron chi connectivity index (χ0n) is 15.2. The maximum absolute atomic E-state index is 11.1. The summed E-state index contributed by atoms with van der Waals surface area (Å²) < 4.78 is 4.99. The minimum Gasteiger partial charge on any atom is -0.466 e. The van der Waals surface area contributed by atoms with E-state index in [-0.39, 0.29) is 31.6 Å². The molecule has 0 atom stereocenters. The normalized spacial score (nSPS) is 10.0. The Balaban J connectivity index is 0. The molecule has 0 saturated heterocycles. The number of aliphatic hydroxyl groups is 3. The molecule has 0 aromatic rings. The summed E-state index contributed by atoms with van der Waals surface area (Å²) in [7, 11) is 0. The van der Waals surface area contributed by atoms with Crippen molar-refractivity contribution in [2.45, 2.75) is 77.6 Å². The molecule has 6 nitrogen and oxygen atoms in total. The summed E-state index contributed by atoms with van der Waals surface area (Å²) >= 11 is 0. The van der Waals surface area contributed by atoms with Crippen LogP contribution in [0.4, 0.5) is 0 Å². The fourth-order valence-corrected chi connectivity index (χ4v) is 1.87. The van der Waals surface area contributed by atoms with Crippen molar-refractivity contribution in [2.24, 2.45) is 0 Å². The topological polar surface area (TPSA) is 104 Å². The quantitative estimate of drug-likeness (QED) is 0.310. The third-order valence-corrected chi connectivity index (χ3v) is 3.29. The maximum Gasteiger partial charge on any atom is 0.305 e. The summed E-state index contributed by atoms with van der Waals surface area (Å²) in [5.74, 6) is 0.0879. The molecule has 0 heterocycles. The van der Waals surface area contributed by atoms with E-state index in [0.717, 1.165) is 57.8 Å². The Morgan fingerprint density at radius 1 is 0.667 bits per heavy atom. The Morgan fingerprint density at radius 2 is 1.12 bits per heavy atom. The third kappa shape index (κ3) is 25.9. The Labute approximate surface area is 146 Å². The second kappa shape index (κ2) is 22.0. The summed E-state index contributed by atoms with van der Waals surface area (Å²) in [4.78, 5) is 21.4. The van der Waals surface area contributed by atoms with E-state index in [1.807, 2.05) is 0 Å². The maximum atomic E-state index is 11.1. The molecule has 0 aliphatic carbocycles. The Morgan fingerprint density at radius 3 is 1.58 bits per heavy atom. The van der Waals surface area contributed by atoms with Gasteiger partial charge in [0.15, 0.2) is 0 Å². The summed E-state index contributed by atoms with van der Waals surface area (Å²) in [6, 6.07) is 0. The van der Waals surface area contributed by atoms with Gasteiger partial charge in [0.2, 0.25) is 0 Å². The molecule has 0 radical (unpaired) electrons. The minimum atomic E-state index is -0.156. The van der Waals surface area contributed by atoms with E-state index < -0.39 is 0 Å². The standard InChI is InChI=1S/C11H22O4.C7H14O2/c12-8-4-1-3-7-11(14)15-10-6-2-5-9-13;1-7(9)5-3-2-4-6-8/h12-13H,1-10H2;8H,2-6H2,1H3. The Kier molecular flexibility index (Phi) is 23.2. The van der Waals surface area contributed by atoms with Crippen molar-refractivity contribution in [3.63, 3.8) is 0 Å². The lowest BCUT2D eigenvalue weighted by molar-refractivity contribution is -0.143. The number of ether oxygens (including phenoxy) is 1. The Hall–Kier alpha value is -0.980. The highest BCUT2D eigenvalue weighted by Gasteiger charge is 2.01. The molecular formula is C18H36O6. The van der Waals surface area contributed by atoms with Crippen LogP contribution in [0.3, 0.4) is 0 Å². The van der Waals surface area contributed by atoms with Crippen LogP contribution in [-0.2, 0) is 14.3 Å². The van der Waals surface area contributed by atoms with Crippen LogP contribution in [0.2, 0.25) is 0 Å².